The highest BCUT2D eigenvalue weighted by Gasteiger charge is 2.22. The van der Waals surface area contributed by atoms with E-state index in [9.17, 15) is 8.42 Å². The van der Waals surface area contributed by atoms with E-state index in [1.54, 1.807) is 0 Å². The van der Waals surface area contributed by atoms with Gasteiger partial charge in [0.15, 0.2) is 0 Å². The molecular weight excluding hydrogens is 256 g/mol. The molecule has 0 saturated carbocycles. The largest absolute Gasteiger partial charge is 0.394 e. The van der Waals surface area contributed by atoms with E-state index in [4.69, 9.17) is 24.2 Å². The van der Waals surface area contributed by atoms with Gasteiger partial charge in [0, 0.05) is 0 Å². The summed E-state index contributed by atoms with van der Waals surface area (Å²) in [5.41, 5.74) is -1.64. The first-order chi connectivity index (χ1) is 8.02. The standard InChI is InChI=1S/C8H18O8S/c9-1-2-14-3-4-15-5-6-16-8(7-10)17(11,12)13/h8-10H,1-7H2,(H,11,12,13). The van der Waals surface area contributed by atoms with Crippen molar-refractivity contribution in [3.63, 3.8) is 0 Å². The fraction of sp³-hybridized carbons (Fsp3) is 1.00. The van der Waals surface area contributed by atoms with Crippen molar-refractivity contribution >= 4 is 10.1 Å². The van der Waals surface area contributed by atoms with Gasteiger partial charge in [0.1, 0.15) is 0 Å². The van der Waals surface area contributed by atoms with Crippen molar-refractivity contribution in [1.29, 1.82) is 0 Å². The molecule has 0 aliphatic rings. The summed E-state index contributed by atoms with van der Waals surface area (Å²) in [6, 6.07) is 0. The van der Waals surface area contributed by atoms with Gasteiger partial charge in [-0.3, -0.25) is 4.55 Å². The van der Waals surface area contributed by atoms with E-state index in [1.165, 1.54) is 0 Å². The number of hydrogen-bond donors (Lipinski definition) is 3. The Morgan fingerprint density at radius 3 is 1.94 bits per heavy atom. The van der Waals surface area contributed by atoms with Crippen LogP contribution in [0.2, 0.25) is 0 Å². The second-order valence-electron chi connectivity index (χ2n) is 2.95. The van der Waals surface area contributed by atoms with Gasteiger partial charge in [-0.05, 0) is 0 Å². The quantitative estimate of drug-likeness (QED) is 0.299. The molecule has 0 fully saturated rings. The maximum absolute atomic E-state index is 10.6. The number of aliphatic hydroxyl groups is 2. The predicted octanol–water partition coefficient (Wildman–Crippen LogP) is -1.77. The van der Waals surface area contributed by atoms with Gasteiger partial charge in [0.2, 0.25) is 5.44 Å². The second kappa shape index (κ2) is 9.71. The average Bonchev–Trinajstić information content (AvgIpc) is 2.25. The lowest BCUT2D eigenvalue weighted by Crippen LogP contribution is -2.29. The van der Waals surface area contributed by atoms with Gasteiger partial charge in [0.25, 0.3) is 10.1 Å². The minimum absolute atomic E-state index is 0.0599. The molecule has 0 saturated heterocycles. The molecule has 1 unspecified atom stereocenters. The zero-order valence-electron chi connectivity index (χ0n) is 9.32. The fourth-order valence-electron chi connectivity index (χ4n) is 0.858. The lowest BCUT2D eigenvalue weighted by molar-refractivity contribution is -0.00865. The summed E-state index contributed by atoms with van der Waals surface area (Å²) in [5.74, 6) is 0. The molecule has 0 bridgehead atoms. The van der Waals surface area contributed by atoms with E-state index in [1.807, 2.05) is 0 Å². The summed E-state index contributed by atoms with van der Waals surface area (Å²) in [6.45, 7) is -0.0376. The van der Waals surface area contributed by atoms with Crippen molar-refractivity contribution < 1.29 is 37.4 Å². The monoisotopic (exact) mass is 274 g/mol. The van der Waals surface area contributed by atoms with Gasteiger partial charge in [0.05, 0.1) is 46.2 Å². The van der Waals surface area contributed by atoms with E-state index < -0.39 is 22.2 Å². The van der Waals surface area contributed by atoms with Crippen LogP contribution in [0.25, 0.3) is 0 Å². The predicted molar refractivity (Wildman–Crippen MR) is 57.1 cm³/mol. The first kappa shape index (κ1) is 16.7. The van der Waals surface area contributed by atoms with Crippen molar-refractivity contribution in [3.05, 3.63) is 0 Å². The van der Waals surface area contributed by atoms with Crippen LogP contribution in [0.1, 0.15) is 0 Å². The smallest absolute Gasteiger partial charge is 0.294 e. The molecule has 3 N–H and O–H groups in total. The normalized spacial score (nSPS) is 13.8. The van der Waals surface area contributed by atoms with Crippen LogP contribution in [-0.4, -0.2) is 74.9 Å². The highest BCUT2D eigenvalue weighted by atomic mass is 32.2. The molecule has 9 heteroatoms. The van der Waals surface area contributed by atoms with Crippen molar-refractivity contribution in [2.45, 2.75) is 5.44 Å². The third-order valence-corrected chi connectivity index (χ3v) is 2.57. The van der Waals surface area contributed by atoms with Crippen molar-refractivity contribution in [2.24, 2.45) is 0 Å². The minimum Gasteiger partial charge on any atom is -0.394 e. The lowest BCUT2D eigenvalue weighted by Gasteiger charge is -2.12. The summed E-state index contributed by atoms with van der Waals surface area (Å²) >= 11 is 0. The van der Waals surface area contributed by atoms with Crippen molar-refractivity contribution in [2.75, 3.05) is 46.2 Å². The summed E-state index contributed by atoms with van der Waals surface area (Å²) in [7, 11) is -4.40. The van der Waals surface area contributed by atoms with Crippen LogP contribution in [0, 0.1) is 0 Å². The van der Waals surface area contributed by atoms with Crippen LogP contribution in [0.5, 0.6) is 0 Å². The van der Waals surface area contributed by atoms with Crippen LogP contribution in [0.15, 0.2) is 0 Å². The molecule has 17 heavy (non-hydrogen) atoms. The molecule has 0 spiro atoms. The molecule has 1 atom stereocenters. The van der Waals surface area contributed by atoms with Gasteiger partial charge in [-0.1, -0.05) is 0 Å². The molecule has 0 radical (unpaired) electrons. The molecule has 104 valence electrons. The maximum Gasteiger partial charge on any atom is 0.294 e. The molecule has 0 aromatic heterocycles. The molecule has 0 heterocycles. The summed E-state index contributed by atoms with van der Waals surface area (Å²) in [5, 5.41) is 17.0. The number of hydrogen-bond acceptors (Lipinski definition) is 7. The van der Waals surface area contributed by atoms with Crippen LogP contribution < -0.4 is 0 Å². The van der Waals surface area contributed by atoms with Crippen LogP contribution in [-0.2, 0) is 24.3 Å². The van der Waals surface area contributed by atoms with Gasteiger partial charge in [-0.2, -0.15) is 8.42 Å². The van der Waals surface area contributed by atoms with Gasteiger partial charge >= 0.3 is 0 Å². The number of ether oxygens (including phenoxy) is 3. The van der Waals surface area contributed by atoms with Gasteiger partial charge in [-0.15, -0.1) is 0 Å². The first-order valence-corrected chi connectivity index (χ1v) is 6.47. The number of aliphatic hydroxyl groups excluding tert-OH is 2. The zero-order valence-corrected chi connectivity index (χ0v) is 10.1. The summed E-state index contributed by atoms with van der Waals surface area (Å²) < 4.78 is 44.3. The molecule has 0 aliphatic carbocycles. The second-order valence-corrected chi connectivity index (χ2v) is 4.50. The first-order valence-electron chi connectivity index (χ1n) is 4.97. The molecule has 0 aromatic carbocycles. The highest BCUT2D eigenvalue weighted by molar-refractivity contribution is 7.86. The molecule has 0 rings (SSSR count). The lowest BCUT2D eigenvalue weighted by atomic mass is 10.7. The zero-order chi connectivity index (χ0) is 13.1. The summed E-state index contributed by atoms with van der Waals surface area (Å²) in [4.78, 5) is 0. The van der Waals surface area contributed by atoms with Gasteiger partial charge in [-0.25, -0.2) is 0 Å². The molecule has 8 nitrogen and oxygen atoms in total. The van der Waals surface area contributed by atoms with E-state index >= 15 is 0 Å². The Hall–Kier alpha value is -0.290. The summed E-state index contributed by atoms with van der Waals surface area (Å²) in [6.07, 6.45) is 0. The Morgan fingerprint density at radius 2 is 1.47 bits per heavy atom. The van der Waals surface area contributed by atoms with E-state index in [-0.39, 0.29) is 33.0 Å². The van der Waals surface area contributed by atoms with E-state index in [0.717, 1.165) is 0 Å². The Bertz CT molecular complexity index is 265. The van der Waals surface area contributed by atoms with E-state index in [2.05, 4.69) is 4.74 Å². The minimum atomic E-state index is -4.40. The van der Waals surface area contributed by atoms with Crippen LogP contribution in [0.3, 0.4) is 0 Å². The van der Waals surface area contributed by atoms with Crippen molar-refractivity contribution in [3.8, 4) is 0 Å². The average molecular weight is 274 g/mol. The molecule has 0 aromatic rings. The third kappa shape index (κ3) is 9.41. The third-order valence-electron chi connectivity index (χ3n) is 1.62. The Balaban J connectivity index is 3.44. The molecular formula is C8H18O8S. The fourth-order valence-corrected chi connectivity index (χ4v) is 1.31. The SMILES string of the molecule is O=S(=O)(O)C(CO)OCCOCCOCCO. The van der Waals surface area contributed by atoms with Gasteiger partial charge < -0.3 is 24.4 Å². The van der Waals surface area contributed by atoms with E-state index in [0.29, 0.717) is 6.61 Å². The Morgan fingerprint density at radius 1 is 0.941 bits per heavy atom. The van der Waals surface area contributed by atoms with Crippen LogP contribution in [0.4, 0.5) is 0 Å². The highest BCUT2D eigenvalue weighted by Crippen LogP contribution is 1.99. The maximum atomic E-state index is 10.6. The number of rotatable bonds is 11. The van der Waals surface area contributed by atoms with Crippen LogP contribution >= 0.6 is 0 Å². The Labute approximate surface area is 99.9 Å². The molecule has 0 amide bonds. The Kier molecular flexibility index (Phi) is 9.55. The molecule has 0 aliphatic heterocycles. The topological polar surface area (TPSA) is 123 Å². The van der Waals surface area contributed by atoms with Crippen molar-refractivity contribution in [1.82, 2.24) is 0 Å².